The van der Waals surface area contributed by atoms with Crippen molar-refractivity contribution in [2.45, 2.75) is 19.9 Å². The third-order valence-electron chi connectivity index (χ3n) is 2.71. The highest BCUT2D eigenvalue weighted by atomic mass is 79.9. The topological polar surface area (TPSA) is 35.2 Å². The lowest BCUT2D eigenvalue weighted by Gasteiger charge is -2.14. The van der Waals surface area contributed by atoms with Gasteiger partial charge in [0.05, 0.1) is 0 Å². The highest BCUT2D eigenvalue weighted by Gasteiger charge is 2.09. The van der Waals surface area contributed by atoms with Crippen molar-refractivity contribution in [1.29, 1.82) is 0 Å². The molecule has 0 fully saturated rings. The van der Waals surface area contributed by atoms with Crippen molar-refractivity contribution in [1.82, 2.24) is 0 Å². The summed E-state index contributed by atoms with van der Waals surface area (Å²) in [6.45, 7) is 4.00. The molecule has 2 rings (SSSR count). The second kappa shape index (κ2) is 5.55. The van der Waals surface area contributed by atoms with Gasteiger partial charge < -0.3 is 10.5 Å². The predicted octanol–water partition coefficient (Wildman–Crippen LogP) is 4.57. The summed E-state index contributed by atoms with van der Waals surface area (Å²) in [4.78, 5) is 0. The first-order valence-electron chi connectivity index (χ1n) is 5.86. The van der Waals surface area contributed by atoms with E-state index >= 15 is 0 Å². The van der Waals surface area contributed by atoms with Crippen LogP contribution in [0.5, 0.6) is 11.5 Å². The Bertz CT molecular complexity index is 535. The van der Waals surface area contributed by atoms with Crippen molar-refractivity contribution in [3.05, 3.63) is 58.1 Å². The molecule has 0 aliphatic carbocycles. The molecule has 0 aromatic heterocycles. The Kier molecular flexibility index (Phi) is 4.04. The summed E-state index contributed by atoms with van der Waals surface area (Å²) in [5.41, 5.74) is 8.16. The summed E-state index contributed by atoms with van der Waals surface area (Å²) in [5, 5.41) is 0. The van der Waals surface area contributed by atoms with Gasteiger partial charge in [0.15, 0.2) is 0 Å². The van der Waals surface area contributed by atoms with Crippen LogP contribution in [0, 0.1) is 6.92 Å². The fraction of sp³-hybridized carbons (Fsp3) is 0.200. The molecule has 3 heteroatoms. The molecule has 18 heavy (non-hydrogen) atoms. The lowest BCUT2D eigenvalue weighted by atomic mass is 10.1. The Morgan fingerprint density at radius 1 is 1.11 bits per heavy atom. The van der Waals surface area contributed by atoms with Crippen molar-refractivity contribution >= 4 is 15.9 Å². The number of benzene rings is 2. The molecule has 0 aliphatic rings. The first-order valence-corrected chi connectivity index (χ1v) is 6.65. The highest BCUT2D eigenvalue weighted by Crippen LogP contribution is 2.31. The van der Waals surface area contributed by atoms with Gasteiger partial charge in [-0.2, -0.15) is 0 Å². The molecule has 2 aromatic rings. The van der Waals surface area contributed by atoms with E-state index in [4.69, 9.17) is 10.5 Å². The predicted molar refractivity (Wildman–Crippen MR) is 78.0 cm³/mol. The summed E-state index contributed by atoms with van der Waals surface area (Å²) in [6, 6.07) is 13.8. The lowest BCUT2D eigenvalue weighted by molar-refractivity contribution is 0.472. The number of nitrogens with two attached hydrogens (primary N) is 1. The molecule has 0 spiro atoms. The van der Waals surface area contributed by atoms with Crippen LogP contribution in [-0.2, 0) is 0 Å². The van der Waals surface area contributed by atoms with E-state index in [1.54, 1.807) is 0 Å². The fourth-order valence-corrected chi connectivity index (χ4v) is 2.08. The molecule has 2 aromatic carbocycles. The molecule has 0 bridgehead atoms. The van der Waals surface area contributed by atoms with Crippen molar-refractivity contribution in [3.8, 4) is 11.5 Å². The van der Waals surface area contributed by atoms with Crippen LogP contribution in [0.2, 0.25) is 0 Å². The van der Waals surface area contributed by atoms with Crippen LogP contribution in [0.3, 0.4) is 0 Å². The van der Waals surface area contributed by atoms with Gasteiger partial charge in [-0.1, -0.05) is 33.6 Å². The minimum absolute atomic E-state index is 0.0667. The number of hydrogen-bond acceptors (Lipinski definition) is 2. The fourth-order valence-electron chi connectivity index (χ4n) is 1.70. The zero-order valence-electron chi connectivity index (χ0n) is 10.5. The SMILES string of the molecule is Cc1ccc(Oc2ccc(Br)cc2C(C)N)cc1. The monoisotopic (exact) mass is 305 g/mol. The van der Waals surface area contributed by atoms with Crippen LogP contribution in [0.15, 0.2) is 46.9 Å². The number of hydrogen-bond donors (Lipinski definition) is 1. The maximum atomic E-state index is 5.96. The first kappa shape index (κ1) is 13.1. The molecular formula is C15H16BrNO. The van der Waals surface area contributed by atoms with Crippen molar-refractivity contribution in [2.24, 2.45) is 5.73 Å². The summed E-state index contributed by atoms with van der Waals surface area (Å²) < 4.78 is 6.89. The van der Waals surface area contributed by atoms with Crippen LogP contribution < -0.4 is 10.5 Å². The lowest BCUT2D eigenvalue weighted by Crippen LogP contribution is -2.06. The average Bonchev–Trinajstić information content (AvgIpc) is 2.34. The van der Waals surface area contributed by atoms with Crippen LogP contribution in [0.1, 0.15) is 24.1 Å². The molecule has 0 radical (unpaired) electrons. The van der Waals surface area contributed by atoms with E-state index in [-0.39, 0.29) is 6.04 Å². The minimum atomic E-state index is -0.0667. The number of halogens is 1. The van der Waals surface area contributed by atoms with Gasteiger partial charge in [-0.25, -0.2) is 0 Å². The molecule has 0 saturated heterocycles. The van der Waals surface area contributed by atoms with E-state index in [9.17, 15) is 0 Å². The minimum Gasteiger partial charge on any atom is -0.457 e. The number of ether oxygens (including phenoxy) is 1. The van der Waals surface area contributed by atoms with Crippen LogP contribution >= 0.6 is 15.9 Å². The largest absolute Gasteiger partial charge is 0.457 e. The molecule has 1 unspecified atom stereocenters. The van der Waals surface area contributed by atoms with E-state index in [1.165, 1.54) is 5.56 Å². The van der Waals surface area contributed by atoms with Crippen molar-refractivity contribution in [2.75, 3.05) is 0 Å². The van der Waals surface area contributed by atoms with Gasteiger partial charge in [0.1, 0.15) is 11.5 Å². The molecule has 1 atom stereocenters. The normalized spacial score (nSPS) is 12.2. The zero-order chi connectivity index (χ0) is 13.1. The Hall–Kier alpha value is -1.32. The quantitative estimate of drug-likeness (QED) is 0.901. The Morgan fingerprint density at radius 3 is 2.39 bits per heavy atom. The average molecular weight is 306 g/mol. The molecule has 0 saturated carbocycles. The third-order valence-corrected chi connectivity index (χ3v) is 3.20. The standard InChI is InChI=1S/C15H16BrNO/c1-10-3-6-13(7-4-10)18-15-8-5-12(16)9-14(15)11(2)17/h3-9,11H,17H2,1-2H3. The second-order valence-corrected chi connectivity index (χ2v) is 5.30. The molecule has 0 aliphatic heterocycles. The second-order valence-electron chi connectivity index (χ2n) is 4.39. The molecule has 2 N–H and O–H groups in total. The Balaban J connectivity index is 2.31. The van der Waals surface area contributed by atoms with Crippen LogP contribution in [0.25, 0.3) is 0 Å². The van der Waals surface area contributed by atoms with E-state index in [1.807, 2.05) is 49.4 Å². The van der Waals surface area contributed by atoms with E-state index < -0.39 is 0 Å². The summed E-state index contributed by atoms with van der Waals surface area (Å²) in [5.74, 6) is 1.63. The maximum Gasteiger partial charge on any atom is 0.132 e. The van der Waals surface area contributed by atoms with E-state index in [0.29, 0.717) is 0 Å². The summed E-state index contributed by atoms with van der Waals surface area (Å²) in [6.07, 6.45) is 0. The maximum absolute atomic E-state index is 5.96. The van der Waals surface area contributed by atoms with Gasteiger partial charge in [0.25, 0.3) is 0 Å². The highest BCUT2D eigenvalue weighted by molar-refractivity contribution is 9.10. The number of aryl methyl sites for hydroxylation is 1. The van der Waals surface area contributed by atoms with Gasteiger partial charge in [-0.15, -0.1) is 0 Å². The smallest absolute Gasteiger partial charge is 0.132 e. The van der Waals surface area contributed by atoms with Crippen LogP contribution in [0.4, 0.5) is 0 Å². The summed E-state index contributed by atoms with van der Waals surface area (Å²) >= 11 is 3.45. The van der Waals surface area contributed by atoms with Gasteiger partial charge >= 0.3 is 0 Å². The molecule has 0 amide bonds. The number of rotatable bonds is 3. The van der Waals surface area contributed by atoms with Gasteiger partial charge in [0.2, 0.25) is 0 Å². The van der Waals surface area contributed by atoms with Crippen LogP contribution in [-0.4, -0.2) is 0 Å². The van der Waals surface area contributed by atoms with E-state index in [2.05, 4.69) is 22.9 Å². The Labute approximate surface area is 116 Å². The van der Waals surface area contributed by atoms with Gasteiger partial charge in [-0.05, 0) is 44.2 Å². The van der Waals surface area contributed by atoms with Gasteiger partial charge in [0, 0.05) is 16.1 Å². The van der Waals surface area contributed by atoms with Crippen molar-refractivity contribution in [3.63, 3.8) is 0 Å². The zero-order valence-corrected chi connectivity index (χ0v) is 12.1. The Morgan fingerprint density at radius 2 is 1.78 bits per heavy atom. The summed E-state index contributed by atoms with van der Waals surface area (Å²) in [7, 11) is 0. The van der Waals surface area contributed by atoms with E-state index in [0.717, 1.165) is 21.5 Å². The molecule has 0 heterocycles. The molecule has 2 nitrogen and oxygen atoms in total. The third kappa shape index (κ3) is 3.12. The molecular weight excluding hydrogens is 290 g/mol. The first-order chi connectivity index (χ1) is 8.56. The van der Waals surface area contributed by atoms with Gasteiger partial charge in [-0.3, -0.25) is 0 Å². The van der Waals surface area contributed by atoms with Crippen molar-refractivity contribution < 1.29 is 4.74 Å². The molecule has 94 valence electrons.